The van der Waals surface area contributed by atoms with Crippen LogP contribution in [0.1, 0.15) is 52.4 Å². The molecule has 1 aliphatic heterocycles. The quantitative estimate of drug-likeness (QED) is 0.358. The highest BCUT2D eigenvalue weighted by atomic mass is 19.1. The molecule has 0 fully saturated rings. The molecule has 0 spiro atoms. The molecule has 5 rings (SSSR count). The van der Waals surface area contributed by atoms with E-state index in [9.17, 15) is 14.3 Å². The summed E-state index contributed by atoms with van der Waals surface area (Å²) in [6.07, 6.45) is 0.358. The van der Waals surface area contributed by atoms with E-state index in [0.717, 1.165) is 5.56 Å². The maximum atomic E-state index is 14.9. The molecular weight excluding hydrogens is 429 g/mol. The standard InChI is InChI=1S/C29H26FNO3/c1-18(22-11-6-8-19-7-2-3-9-23(19)22)31-17-21-16-25(24-10-4-5-12-28(24)34-21)26-15-20(29(32)33)13-14-27(26)30/h2-15,18,21,25,31H,16-17H2,1H3,(H,32,33). The zero-order valence-electron chi connectivity index (χ0n) is 18.9. The van der Waals surface area contributed by atoms with E-state index in [-0.39, 0.29) is 23.6 Å². The highest BCUT2D eigenvalue weighted by Gasteiger charge is 2.31. The van der Waals surface area contributed by atoms with E-state index in [2.05, 4.69) is 42.6 Å². The summed E-state index contributed by atoms with van der Waals surface area (Å²) in [5, 5.41) is 15.4. The van der Waals surface area contributed by atoms with E-state index in [1.54, 1.807) is 0 Å². The Bertz CT molecular complexity index is 1350. The lowest BCUT2D eigenvalue weighted by Crippen LogP contribution is -2.37. The van der Waals surface area contributed by atoms with Gasteiger partial charge in [-0.3, -0.25) is 0 Å². The van der Waals surface area contributed by atoms with Crippen molar-refractivity contribution in [2.75, 3.05) is 6.54 Å². The highest BCUT2D eigenvalue weighted by molar-refractivity contribution is 5.88. The number of halogens is 1. The third-order valence-corrected chi connectivity index (χ3v) is 6.65. The third kappa shape index (κ3) is 4.27. The van der Waals surface area contributed by atoms with Gasteiger partial charge in [0.2, 0.25) is 0 Å². The van der Waals surface area contributed by atoms with Crippen LogP contribution in [0.4, 0.5) is 4.39 Å². The Morgan fingerprint density at radius 3 is 2.65 bits per heavy atom. The van der Waals surface area contributed by atoms with Gasteiger partial charge < -0.3 is 15.2 Å². The van der Waals surface area contributed by atoms with Crippen molar-refractivity contribution >= 4 is 16.7 Å². The van der Waals surface area contributed by atoms with E-state index in [1.165, 1.54) is 34.5 Å². The summed E-state index contributed by atoms with van der Waals surface area (Å²) in [7, 11) is 0. The molecule has 4 aromatic rings. The number of carboxylic acid groups (broad SMARTS) is 1. The second kappa shape index (κ2) is 9.27. The molecule has 34 heavy (non-hydrogen) atoms. The molecule has 4 aromatic carbocycles. The van der Waals surface area contributed by atoms with Gasteiger partial charge in [-0.25, -0.2) is 9.18 Å². The Balaban J connectivity index is 1.40. The van der Waals surface area contributed by atoms with Crippen LogP contribution < -0.4 is 10.1 Å². The van der Waals surface area contributed by atoms with Gasteiger partial charge in [0.05, 0.1) is 5.56 Å². The fourth-order valence-corrected chi connectivity index (χ4v) is 4.90. The average Bonchev–Trinajstić information content (AvgIpc) is 2.86. The van der Waals surface area contributed by atoms with E-state index in [0.29, 0.717) is 24.3 Å². The molecule has 0 aromatic heterocycles. The number of carbonyl (C=O) groups is 1. The van der Waals surface area contributed by atoms with Crippen LogP contribution >= 0.6 is 0 Å². The molecule has 0 amide bonds. The van der Waals surface area contributed by atoms with Crippen LogP contribution in [0.3, 0.4) is 0 Å². The van der Waals surface area contributed by atoms with E-state index in [1.807, 2.05) is 36.4 Å². The Hall–Kier alpha value is -3.70. The molecule has 1 aliphatic rings. The largest absolute Gasteiger partial charge is 0.489 e. The predicted molar refractivity (Wildman–Crippen MR) is 131 cm³/mol. The lowest BCUT2D eigenvalue weighted by atomic mass is 9.83. The number of hydrogen-bond donors (Lipinski definition) is 2. The minimum Gasteiger partial charge on any atom is -0.489 e. The van der Waals surface area contributed by atoms with Gasteiger partial charge in [0.25, 0.3) is 0 Å². The summed E-state index contributed by atoms with van der Waals surface area (Å²) in [6.45, 7) is 2.71. The maximum Gasteiger partial charge on any atom is 0.335 e. The zero-order chi connectivity index (χ0) is 23.7. The van der Waals surface area contributed by atoms with Gasteiger partial charge >= 0.3 is 5.97 Å². The predicted octanol–water partition coefficient (Wildman–Crippen LogP) is 6.31. The number of nitrogens with one attached hydrogen (secondary N) is 1. The molecule has 0 radical (unpaired) electrons. The summed E-state index contributed by atoms with van der Waals surface area (Å²) < 4.78 is 21.1. The van der Waals surface area contributed by atoms with Crippen molar-refractivity contribution in [2.45, 2.75) is 31.4 Å². The molecule has 0 aliphatic carbocycles. The first kappa shape index (κ1) is 22.1. The van der Waals surface area contributed by atoms with Crippen molar-refractivity contribution in [3.63, 3.8) is 0 Å². The van der Waals surface area contributed by atoms with E-state index < -0.39 is 11.8 Å². The number of aromatic carboxylic acids is 1. The van der Waals surface area contributed by atoms with Gasteiger partial charge in [0.1, 0.15) is 17.7 Å². The van der Waals surface area contributed by atoms with Crippen LogP contribution in [-0.2, 0) is 0 Å². The number of fused-ring (bicyclic) bond motifs is 2. The van der Waals surface area contributed by atoms with Crippen molar-refractivity contribution in [3.8, 4) is 5.75 Å². The summed E-state index contributed by atoms with van der Waals surface area (Å²) in [4.78, 5) is 11.5. The Kier molecular flexibility index (Phi) is 6.03. The van der Waals surface area contributed by atoms with E-state index in [4.69, 9.17) is 4.74 Å². The SMILES string of the molecule is CC(NCC1CC(c2cc(C(=O)O)ccc2F)c2ccccc2O1)c1cccc2ccccc12. The summed E-state index contributed by atoms with van der Waals surface area (Å²) in [6, 6.07) is 26.3. The van der Waals surface area contributed by atoms with Gasteiger partial charge in [-0.2, -0.15) is 0 Å². The number of hydrogen-bond acceptors (Lipinski definition) is 3. The molecule has 3 atom stereocenters. The molecule has 3 unspecified atom stereocenters. The Labute approximate surface area is 198 Å². The molecule has 2 N–H and O–H groups in total. The Morgan fingerprint density at radius 1 is 1.03 bits per heavy atom. The summed E-state index contributed by atoms with van der Waals surface area (Å²) in [5.74, 6) is -1.04. The molecule has 0 bridgehead atoms. The highest BCUT2D eigenvalue weighted by Crippen LogP contribution is 2.41. The third-order valence-electron chi connectivity index (χ3n) is 6.65. The second-order valence-electron chi connectivity index (χ2n) is 8.81. The molecular formula is C29H26FNO3. The smallest absolute Gasteiger partial charge is 0.335 e. The van der Waals surface area contributed by atoms with Gasteiger partial charge in [-0.15, -0.1) is 0 Å². The van der Waals surface area contributed by atoms with Crippen LogP contribution in [-0.4, -0.2) is 23.7 Å². The summed E-state index contributed by atoms with van der Waals surface area (Å²) >= 11 is 0. The minimum atomic E-state index is -1.07. The van der Waals surface area contributed by atoms with E-state index >= 15 is 0 Å². The topological polar surface area (TPSA) is 58.6 Å². The normalized spacial score (nSPS) is 18.2. The van der Waals surface area contributed by atoms with Crippen LogP contribution in [0.5, 0.6) is 5.75 Å². The fraction of sp³-hybridized carbons (Fsp3) is 0.207. The monoisotopic (exact) mass is 455 g/mol. The van der Waals surface area contributed by atoms with Crippen LogP contribution in [0.2, 0.25) is 0 Å². The van der Waals surface area contributed by atoms with Crippen molar-refractivity contribution < 1.29 is 19.0 Å². The molecule has 0 saturated heterocycles. The average molecular weight is 456 g/mol. The Morgan fingerprint density at radius 2 is 1.79 bits per heavy atom. The van der Waals surface area contributed by atoms with Gasteiger partial charge in [0.15, 0.2) is 0 Å². The van der Waals surface area contributed by atoms with Crippen molar-refractivity contribution in [3.05, 3.63) is 113 Å². The number of para-hydroxylation sites is 1. The maximum absolute atomic E-state index is 14.9. The van der Waals surface area contributed by atoms with Gasteiger partial charge in [-0.05, 0) is 59.5 Å². The van der Waals surface area contributed by atoms with Crippen LogP contribution in [0, 0.1) is 5.82 Å². The first-order valence-electron chi connectivity index (χ1n) is 11.5. The zero-order valence-corrected chi connectivity index (χ0v) is 18.9. The molecule has 0 saturated carbocycles. The summed E-state index contributed by atoms with van der Waals surface area (Å²) in [5.41, 5.74) is 2.57. The van der Waals surface area contributed by atoms with Crippen LogP contribution in [0.25, 0.3) is 10.8 Å². The van der Waals surface area contributed by atoms with Crippen molar-refractivity contribution in [2.24, 2.45) is 0 Å². The first-order valence-corrected chi connectivity index (χ1v) is 11.5. The van der Waals surface area contributed by atoms with Crippen LogP contribution in [0.15, 0.2) is 84.9 Å². The first-order chi connectivity index (χ1) is 16.5. The molecule has 172 valence electrons. The number of ether oxygens (including phenoxy) is 1. The fourth-order valence-electron chi connectivity index (χ4n) is 4.90. The molecule has 4 nitrogen and oxygen atoms in total. The number of benzene rings is 4. The van der Waals surface area contributed by atoms with Crippen molar-refractivity contribution in [1.82, 2.24) is 5.32 Å². The second-order valence-corrected chi connectivity index (χ2v) is 8.81. The van der Waals surface area contributed by atoms with Gasteiger partial charge in [-0.1, -0.05) is 60.7 Å². The minimum absolute atomic E-state index is 0.0830. The van der Waals surface area contributed by atoms with Crippen molar-refractivity contribution in [1.29, 1.82) is 0 Å². The molecule has 5 heteroatoms. The molecule has 1 heterocycles. The lowest BCUT2D eigenvalue weighted by Gasteiger charge is -2.33. The number of carboxylic acids is 1. The number of rotatable bonds is 6. The van der Waals surface area contributed by atoms with Gasteiger partial charge in [0, 0.05) is 24.1 Å². The lowest BCUT2D eigenvalue weighted by molar-refractivity contribution is 0.0696.